The zero-order valence-corrected chi connectivity index (χ0v) is 12.7. The van der Waals surface area contributed by atoms with Crippen LogP contribution in [0.2, 0.25) is 0 Å². The number of hydrogen-bond acceptors (Lipinski definition) is 7. The van der Waals surface area contributed by atoms with Crippen molar-refractivity contribution in [3.05, 3.63) is 35.7 Å². The fourth-order valence-electron chi connectivity index (χ4n) is 2.09. The van der Waals surface area contributed by atoms with E-state index in [4.69, 9.17) is 5.73 Å². The monoisotopic (exact) mass is 338 g/mol. The van der Waals surface area contributed by atoms with Crippen molar-refractivity contribution in [3.8, 4) is 0 Å². The van der Waals surface area contributed by atoms with Crippen LogP contribution >= 0.6 is 0 Å². The van der Waals surface area contributed by atoms with Gasteiger partial charge in [0.1, 0.15) is 11.6 Å². The molecule has 0 aliphatic heterocycles. The van der Waals surface area contributed by atoms with Crippen LogP contribution in [-0.4, -0.2) is 29.5 Å². The van der Waals surface area contributed by atoms with Gasteiger partial charge in [-0.3, -0.25) is 0 Å². The summed E-state index contributed by atoms with van der Waals surface area (Å²) in [7, 11) is 0. The van der Waals surface area contributed by atoms with Crippen LogP contribution in [0.5, 0.6) is 0 Å². The van der Waals surface area contributed by atoms with Gasteiger partial charge in [0.15, 0.2) is 5.82 Å². The number of aromatic nitrogens is 6. The second kappa shape index (κ2) is 5.58. The number of halogens is 3. The Labute approximate surface area is 134 Å². The van der Waals surface area contributed by atoms with Crippen LogP contribution in [0.15, 0.2) is 18.3 Å². The van der Waals surface area contributed by atoms with Gasteiger partial charge in [0.25, 0.3) is 11.6 Å². The molecule has 126 valence electrons. The largest absolute Gasteiger partial charge is 0.453 e. The fourth-order valence-corrected chi connectivity index (χ4v) is 2.09. The Morgan fingerprint density at radius 3 is 2.67 bits per heavy atom. The zero-order valence-electron chi connectivity index (χ0n) is 12.7. The molecule has 3 N–H and O–H groups in total. The van der Waals surface area contributed by atoms with Gasteiger partial charge in [0.2, 0.25) is 0 Å². The van der Waals surface area contributed by atoms with Gasteiger partial charge in [0, 0.05) is 18.0 Å². The van der Waals surface area contributed by atoms with Gasteiger partial charge < -0.3 is 11.1 Å². The highest BCUT2D eigenvalue weighted by molar-refractivity contribution is 5.46. The Morgan fingerprint density at radius 1 is 1.25 bits per heavy atom. The SMILES string of the molecule is Cc1cc(N[C@@H](C)c2nccc(N)n2)n2nc(C(F)(F)F)nc2n1. The van der Waals surface area contributed by atoms with Crippen molar-refractivity contribution < 1.29 is 13.2 Å². The Hall–Kier alpha value is -2.98. The maximum Gasteiger partial charge on any atom is 0.453 e. The van der Waals surface area contributed by atoms with Crippen molar-refractivity contribution in [1.29, 1.82) is 0 Å². The average Bonchev–Trinajstić information content (AvgIpc) is 2.91. The minimum atomic E-state index is -4.65. The number of nitrogen functional groups attached to an aromatic ring is 1. The molecule has 0 aliphatic rings. The zero-order chi connectivity index (χ0) is 17.5. The molecule has 0 fully saturated rings. The second-order valence-corrected chi connectivity index (χ2v) is 5.13. The predicted molar refractivity (Wildman–Crippen MR) is 79.0 cm³/mol. The highest BCUT2D eigenvalue weighted by Gasteiger charge is 2.37. The van der Waals surface area contributed by atoms with Crippen molar-refractivity contribution >= 4 is 17.4 Å². The Kier molecular flexibility index (Phi) is 3.70. The van der Waals surface area contributed by atoms with Crippen LogP contribution in [0.3, 0.4) is 0 Å². The van der Waals surface area contributed by atoms with Crippen molar-refractivity contribution in [1.82, 2.24) is 29.5 Å². The molecule has 0 bridgehead atoms. The molecule has 0 spiro atoms. The highest BCUT2D eigenvalue weighted by atomic mass is 19.4. The number of rotatable bonds is 3. The van der Waals surface area contributed by atoms with E-state index in [1.54, 1.807) is 19.9 Å². The van der Waals surface area contributed by atoms with Crippen molar-refractivity contribution in [2.24, 2.45) is 0 Å². The lowest BCUT2D eigenvalue weighted by atomic mass is 10.3. The van der Waals surface area contributed by atoms with Crippen LogP contribution < -0.4 is 11.1 Å². The van der Waals surface area contributed by atoms with Crippen molar-refractivity contribution in [3.63, 3.8) is 0 Å². The third-order valence-corrected chi connectivity index (χ3v) is 3.14. The Balaban J connectivity index is 2.01. The standard InChI is InChI=1S/C13H13F3N8/c1-6-5-9(20-7(2)10-18-4-3-8(17)21-10)24-12(19-6)22-11(23-24)13(14,15)16/h3-5,7,20H,1-2H3,(H2,17,18,21)/t7-/m0/s1. The minimum absolute atomic E-state index is 0.148. The summed E-state index contributed by atoms with van der Waals surface area (Å²) in [4.78, 5) is 15.6. The lowest BCUT2D eigenvalue weighted by Gasteiger charge is -2.15. The molecule has 0 saturated heterocycles. The molecule has 3 heterocycles. The first kappa shape index (κ1) is 15.9. The van der Waals surface area contributed by atoms with Crippen LogP contribution in [0.25, 0.3) is 5.78 Å². The summed E-state index contributed by atoms with van der Waals surface area (Å²) in [6.45, 7) is 3.40. The van der Waals surface area contributed by atoms with E-state index in [2.05, 4.69) is 30.4 Å². The smallest absolute Gasteiger partial charge is 0.384 e. The molecule has 3 aromatic rings. The Bertz CT molecular complexity index is 889. The summed E-state index contributed by atoms with van der Waals surface area (Å²) in [5.41, 5.74) is 6.11. The van der Waals surface area contributed by atoms with E-state index in [0.29, 0.717) is 23.2 Å². The molecule has 11 heteroatoms. The highest BCUT2D eigenvalue weighted by Crippen LogP contribution is 2.27. The number of nitrogens with one attached hydrogen (secondary N) is 1. The topological polar surface area (TPSA) is 107 Å². The van der Waals surface area contributed by atoms with Crippen LogP contribution in [0.4, 0.5) is 24.8 Å². The molecule has 8 nitrogen and oxygen atoms in total. The minimum Gasteiger partial charge on any atom is -0.384 e. The summed E-state index contributed by atoms with van der Waals surface area (Å²) in [5, 5.41) is 6.49. The Morgan fingerprint density at radius 2 is 2.00 bits per heavy atom. The predicted octanol–water partition coefficient (Wildman–Crippen LogP) is 2.00. The molecular formula is C13H13F3N8. The molecule has 0 aromatic carbocycles. The van der Waals surface area contributed by atoms with E-state index in [1.165, 1.54) is 12.3 Å². The molecule has 3 aromatic heterocycles. The normalized spacial score (nSPS) is 13.2. The fraction of sp³-hybridized carbons (Fsp3) is 0.308. The van der Waals surface area contributed by atoms with Crippen LogP contribution in [-0.2, 0) is 6.18 Å². The van der Waals surface area contributed by atoms with Crippen LogP contribution in [0.1, 0.15) is 30.3 Å². The van der Waals surface area contributed by atoms with Crippen LogP contribution in [0, 0.1) is 6.92 Å². The van der Waals surface area contributed by atoms with Gasteiger partial charge >= 0.3 is 6.18 Å². The van der Waals surface area contributed by atoms with E-state index in [-0.39, 0.29) is 5.78 Å². The maximum atomic E-state index is 12.8. The summed E-state index contributed by atoms with van der Waals surface area (Å²) in [6, 6.07) is 2.68. The third-order valence-electron chi connectivity index (χ3n) is 3.14. The summed E-state index contributed by atoms with van der Waals surface area (Å²) in [5.74, 6) is -0.417. The van der Waals surface area contributed by atoms with E-state index in [0.717, 1.165) is 4.52 Å². The number of fused-ring (bicyclic) bond motifs is 1. The molecule has 0 amide bonds. The van der Waals surface area contributed by atoms with Gasteiger partial charge in [-0.15, -0.1) is 5.10 Å². The van der Waals surface area contributed by atoms with E-state index < -0.39 is 18.0 Å². The average molecular weight is 338 g/mol. The number of nitrogens with zero attached hydrogens (tertiary/aromatic N) is 6. The lowest BCUT2D eigenvalue weighted by Crippen LogP contribution is -2.15. The van der Waals surface area contributed by atoms with Gasteiger partial charge in [-0.1, -0.05) is 0 Å². The molecule has 0 radical (unpaired) electrons. The maximum absolute atomic E-state index is 12.8. The number of nitrogens with two attached hydrogens (primary N) is 1. The summed E-state index contributed by atoms with van der Waals surface area (Å²) < 4.78 is 39.4. The number of anilines is 2. The first-order valence-corrected chi connectivity index (χ1v) is 6.90. The third kappa shape index (κ3) is 3.05. The molecule has 0 aliphatic carbocycles. The van der Waals surface area contributed by atoms with Gasteiger partial charge in [-0.05, 0) is 19.9 Å². The number of alkyl halides is 3. The molecule has 0 unspecified atom stereocenters. The first-order valence-electron chi connectivity index (χ1n) is 6.90. The first-order chi connectivity index (χ1) is 11.2. The lowest BCUT2D eigenvalue weighted by molar-refractivity contribution is -0.144. The van der Waals surface area contributed by atoms with Crippen molar-refractivity contribution in [2.45, 2.75) is 26.1 Å². The number of aryl methyl sites for hydroxylation is 1. The van der Waals surface area contributed by atoms with Gasteiger partial charge in [-0.25, -0.2) is 15.0 Å². The summed E-state index contributed by atoms with van der Waals surface area (Å²) in [6.07, 6.45) is -3.15. The van der Waals surface area contributed by atoms with E-state index in [1.807, 2.05) is 0 Å². The van der Waals surface area contributed by atoms with E-state index >= 15 is 0 Å². The van der Waals surface area contributed by atoms with E-state index in [9.17, 15) is 13.2 Å². The molecule has 1 atom stereocenters. The second-order valence-electron chi connectivity index (χ2n) is 5.13. The molecule has 3 rings (SSSR count). The summed E-state index contributed by atoms with van der Waals surface area (Å²) >= 11 is 0. The molecular weight excluding hydrogens is 325 g/mol. The quantitative estimate of drug-likeness (QED) is 0.752. The number of hydrogen-bond donors (Lipinski definition) is 2. The van der Waals surface area contributed by atoms with Gasteiger partial charge in [-0.2, -0.15) is 22.7 Å². The molecule has 0 saturated carbocycles. The van der Waals surface area contributed by atoms with Crippen molar-refractivity contribution in [2.75, 3.05) is 11.1 Å². The van der Waals surface area contributed by atoms with Gasteiger partial charge in [0.05, 0.1) is 6.04 Å². The molecule has 24 heavy (non-hydrogen) atoms.